The number of unbranched alkanes of at least 4 members (excludes halogenated alkanes) is 1. The van der Waals surface area contributed by atoms with Crippen molar-refractivity contribution in [2.24, 2.45) is 0 Å². The Morgan fingerprint density at radius 2 is 2.17 bits per heavy atom. The minimum absolute atomic E-state index is 0.0726. The SMILES string of the molecule is CCCCc1nc2ccc(NC(=O)C3(OC)CCNCC3)cc2[nH]1. The zero-order chi connectivity index (χ0) is 17.0. The molecule has 1 aromatic carbocycles. The largest absolute Gasteiger partial charge is 0.368 e. The van der Waals surface area contributed by atoms with Gasteiger partial charge in [-0.15, -0.1) is 0 Å². The van der Waals surface area contributed by atoms with Crippen LogP contribution in [0.15, 0.2) is 18.2 Å². The van der Waals surface area contributed by atoms with Crippen LogP contribution in [-0.4, -0.2) is 41.7 Å². The van der Waals surface area contributed by atoms with Crippen molar-refractivity contribution < 1.29 is 9.53 Å². The van der Waals surface area contributed by atoms with Gasteiger partial charge in [0.1, 0.15) is 11.4 Å². The number of methoxy groups -OCH3 is 1. The third-order valence-electron chi connectivity index (χ3n) is 4.77. The summed E-state index contributed by atoms with van der Waals surface area (Å²) in [5.74, 6) is 0.929. The molecule has 3 N–H and O–H groups in total. The lowest BCUT2D eigenvalue weighted by atomic mass is 9.91. The molecular formula is C18H26N4O2. The van der Waals surface area contributed by atoms with Crippen LogP contribution < -0.4 is 10.6 Å². The molecule has 0 aliphatic carbocycles. The first kappa shape index (κ1) is 16.9. The fourth-order valence-electron chi connectivity index (χ4n) is 3.20. The van der Waals surface area contributed by atoms with E-state index in [-0.39, 0.29) is 5.91 Å². The Bertz CT molecular complexity index is 704. The van der Waals surface area contributed by atoms with Crippen molar-refractivity contribution in [3.63, 3.8) is 0 Å². The Balaban J connectivity index is 1.75. The molecule has 2 heterocycles. The van der Waals surface area contributed by atoms with E-state index >= 15 is 0 Å². The number of hydrogen-bond acceptors (Lipinski definition) is 4. The molecule has 1 amide bonds. The minimum Gasteiger partial charge on any atom is -0.368 e. The van der Waals surface area contributed by atoms with E-state index in [9.17, 15) is 4.79 Å². The van der Waals surface area contributed by atoms with Gasteiger partial charge in [-0.25, -0.2) is 4.98 Å². The van der Waals surface area contributed by atoms with Gasteiger partial charge in [0, 0.05) is 19.2 Å². The standard InChI is InChI=1S/C18H26N4O2/c1-3-4-5-16-21-14-7-6-13(12-15(14)22-16)20-17(23)18(24-2)8-10-19-11-9-18/h6-7,12,19H,3-5,8-11H2,1-2H3,(H,20,23)(H,21,22). The van der Waals surface area contributed by atoms with Gasteiger partial charge in [0.05, 0.1) is 11.0 Å². The first-order valence-electron chi connectivity index (χ1n) is 8.73. The number of amides is 1. The summed E-state index contributed by atoms with van der Waals surface area (Å²) >= 11 is 0. The van der Waals surface area contributed by atoms with Gasteiger partial charge in [-0.2, -0.15) is 0 Å². The van der Waals surface area contributed by atoms with Crippen LogP contribution in [0.1, 0.15) is 38.4 Å². The number of piperidine rings is 1. The summed E-state index contributed by atoms with van der Waals surface area (Å²) in [5.41, 5.74) is 1.92. The normalized spacial score (nSPS) is 17.1. The van der Waals surface area contributed by atoms with Crippen molar-refractivity contribution >= 4 is 22.6 Å². The van der Waals surface area contributed by atoms with E-state index in [2.05, 4.69) is 27.5 Å². The number of anilines is 1. The second kappa shape index (κ2) is 7.32. The molecule has 1 saturated heterocycles. The Kier molecular flexibility index (Phi) is 5.16. The maximum absolute atomic E-state index is 12.7. The second-order valence-electron chi connectivity index (χ2n) is 6.42. The second-order valence-corrected chi connectivity index (χ2v) is 6.42. The Morgan fingerprint density at radius 1 is 1.38 bits per heavy atom. The number of ether oxygens (including phenoxy) is 1. The van der Waals surface area contributed by atoms with Crippen LogP contribution in [-0.2, 0) is 16.0 Å². The van der Waals surface area contributed by atoms with Gasteiger partial charge in [-0.1, -0.05) is 13.3 Å². The van der Waals surface area contributed by atoms with Gasteiger partial charge in [-0.05, 0) is 50.6 Å². The molecule has 1 aliphatic rings. The van der Waals surface area contributed by atoms with E-state index in [1.807, 2.05) is 18.2 Å². The maximum Gasteiger partial charge on any atom is 0.256 e. The number of nitrogens with zero attached hydrogens (tertiary/aromatic N) is 1. The molecule has 0 unspecified atom stereocenters. The number of aromatic amines is 1. The zero-order valence-electron chi connectivity index (χ0n) is 14.4. The molecule has 1 fully saturated rings. The molecule has 130 valence electrons. The van der Waals surface area contributed by atoms with Crippen molar-refractivity contribution in [1.82, 2.24) is 15.3 Å². The quantitative estimate of drug-likeness (QED) is 0.761. The first-order valence-corrected chi connectivity index (χ1v) is 8.73. The predicted molar refractivity (Wildman–Crippen MR) is 95.2 cm³/mol. The number of carbonyl (C=O) groups excluding carboxylic acids is 1. The monoisotopic (exact) mass is 330 g/mol. The average molecular weight is 330 g/mol. The van der Waals surface area contributed by atoms with Gasteiger partial charge >= 0.3 is 0 Å². The van der Waals surface area contributed by atoms with Crippen LogP contribution in [0, 0.1) is 0 Å². The molecule has 24 heavy (non-hydrogen) atoms. The van der Waals surface area contributed by atoms with Crippen molar-refractivity contribution in [2.45, 2.75) is 44.6 Å². The van der Waals surface area contributed by atoms with Crippen LogP contribution in [0.4, 0.5) is 5.69 Å². The summed E-state index contributed by atoms with van der Waals surface area (Å²) < 4.78 is 5.58. The number of benzene rings is 1. The van der Waals surface area contributed by atoms with Crippen LogP contribution >= 0.6 is 0 Å². The Hall–Kier alpha value is -1.92. The van der Waals surface area contributed by atoms with Gasteiger partial charge in [0.15, 0.2) is 0 Å². The molecule has 3 rings (SSSR count). The van der Waals surface area contributed by atoms with Gasteiger partial charge < -0.3 is 20.4 Å². The van der Waals surface area contributed by atoms with Gasteiger partial charge in [-0.3, -0.25) is 4.79 Å². The van der Waals surface area contributed by atoms with E-state index < -0.39 is 5.60 Å². The highest BCUT2D eigenvalue weighted by atomic mass is 16.5. The van der Waals surface area contributed by atoms with Crippen molar-refractivity contribution in [2.75, 3.05) is 25.5 Å². The molecule has 0 saturated carbocycles. The lowest BCUT2D eigenvalue weighted by Gasteiger charge is -2.34. The van der Waals surface area contributed by atoms with Gasteiger partial charge in [0.2, 0.25) is 0 Å². The zero-order valence-corrected chi connectivity index (χ0v) is 14.4. The third kappa shape index (κ3) is 3.44. The molecule has 0 bridgehead atoms. The summed E-state index contributed by atoms with van der Waals surface area (Å²) in [4.78, 5) is 20.6. The smallest absolute Gasteiger partial charge is 0.256 e. The van der Waals surface area contributed by atoms with E-state index in [4.69, 9.17) is 4.74 Å². The highest BCUT2D eigenvalue weighted by Gasteiger charge is 2.39. The Morgan fingerprint density at radius 3 is 2.88 bits per heavy atom. The summed E-state index contributed by atoms with van der Waals surface area (Å²) in [6.45, 7) is 3.76. The third-order valence-corrected chi connectivity index (χ3v) is 4.77. The lowest BCUT2D eigenvalue weighted by molar-refractivity contribution is -0.140. The summed E-state index contributed by atoms with van der Waals surface area (Å²) in [6.07, 6.45) is 4.58. The summed E-state index contributed by atoms with van der Waals surface area (Å²) in [6, 6.07) is 5.79. The van der Waals surface area contributed by atoms with E-state index in [1.165, 1.54) is 0 Å². The number of rotatable bonds is 6. The van der Waals surface area contributed by atoms with Gasteiger partial charge in [0.25, 0.3) is 5.91 Å². The number of nitrogens with one attached hydrogen (secondary N) is 3. The molecule has 0 spiro atoms. The molecule has 1 aliphatic heterocycles. The van der Waals surface area contributed by atoms with Crippen LogP contribution in [0.5, 0.6) is 0 Å². The molecule has 6 heteroatoms. The van der Waals surface area contributed by atoms with E-state index in [0.717, 1.165) is 54.9 Å². The summed E-state index contributed by atoms with van der Waals surface area (Å²) in [5, 5.41) is 6.27. The fraction of sp³-hybridized carbons (Fsp3) is 0.556. The van der Waals surface area contributed by atoms with E-state index in [0.29, 0.717) is 12.8 Å². The van der Waals surface area contributed by atoms with E-state index in [1.54, 1.807) is 7.11 Å². The fourth-order valence-corrected chi connectivity index (χ4v) is 3.20. The number of fused-ring (bicyclic) bond motifs is 1. The average Bonchev–Trinajstić information content (AvgIpc) is 3.02. The van der Waals surface area contributed by atoms with Crippen molar-refractivity contribution in [1.29, 1.82) is 0 Å². The molecular weight excluding hydrogens is 304 g/mol. The maximum atomic E-state index is 12.7. The van der Waals surface area contributed by atoms with Crippen molar-refractivity contribution in [3.05, 3.63) is 24.0 Å². The lowest BCUT2D eigenvalue weighted by Crippen LogP contribution is -2.51. The molecule has 0 radical (unpaired) electrons. The highest BCUT2D eigenvalue weighted by Crippen LogP contribution is 2.25. The minimum atomic E-state index is -0.736. The number of aromatic nitrogens is 2. The summed E-state index contributed by atoms with van der Waals surface area (Å²) in [7, 11) is 1.61. The highest BCUT2D eigenvalue weighted by molar-refractivity contribution is 5.98. The molecule has 1 aromatic heterocycles. The van der Waals surface area contributed by atoms with Crippen LogP contribution in [0.3, 0.4) is 0 Å². The predicted octanol–water partition coefficient (Wildman–Crippen LogP) is 2.61. The molecule has 0 atom stereocenters. The number of carbonyl (C=O) groups is 1. The Labute approximate surface area is 142 Å². The number of imidazole rings is 1. The van der Waals surface area contributed by atoms with Crippen LogP contribution in [0.2, 0.25) is 0 Å². The number of aryl methyl sites for hydroxylation is 1. The van der Waals surface area contributed by atoms with Crippen molar-refractivity contribution in [3.8, 4) is 0 Å². The molecule has 6 nitrogen and oxygen atoms in total. The van der Waals surface area contributed by atoms with Crippen LogP contribution in [0.25, 0.3) is 11.0 Å². The number of H-pyrrole nitrogens is 1. The topological polar surface area (TPSA) is 79.0 Å². The first-order chi connectivity index (χ1) is 11.7. The molecule has 2 aromatic rings. The number of hydrogen-bond donors (Lipinski definition) is 3.